The summed E-state index contributed by atoms with van der Waals surface area (Å²) in [5.41, 5.74) is 1.45. The Morgan fingerprint density at radius 2 is 1.96 bits per heavy atom. The van der Waals surface area contributed by atoms with E-state index in [1.165, 1.54) is 4.31 Å². The third kappa shape index (κ3) is 3.13. The zero-order valence-electron chi connectivity index (χ0n) is 14.0. The van der Waals surface area contributed by atoms with Crippen LogP contribution in [-0.4, -0.2) is 37.3 Å². The number of fused-ring (bicyclic) bond motifs is 1. The van der Waals surface area contributed by atoms with Gasteiger partial charge in [-0.1, -0.05) is 37.6 Å². The largest absolute Gasteiger partial charge is 0.352 e. The number of rotatable bonds is 3. The summed E-state index contributed by atoms with van der Waals surface area (Å²) < 4.78 is 27.4. The molecule has 1 saturated carbocycles. The van der Waals surface area contributed by atoms with Crippen LogP contribution in [0.2, 0.25) is 0 Å². The molecule has 2 aliphatic rings. The second-order valence-electron chi connectivity index (χ2n) is 6.63. The van der Waals surface area contributed by atoms with Crippen LogP contribution in [0, 0.1) is 0 Å². The number of nitrogens with zero attached hydrogens (tertiary/aromatic N) is 1. The maximum atomic E-state index is 13.1. The van der Waals surface area contributed by atoms with Crippen LogP contribution < -0.4 is 5.32 Å². The molecule has 130 valence electrons. The number of hydrogen-bond acceptors (Lipinski definition) is 3. The van der Waals surface area contributed by atoms with Gasteiger partial charge in [-0.25, -0.2) is 8.42 Å². The van der Waals surface area contributed by atoms with E-state index in [0.717, 1.165) is 31.3 Å². The third-order valence-electron chi connectivity index (χ3n) is 5.00. The van der Waals surface area contributed by atoms with Gasteiger partial charge in [0, 0.05) is 12.6 Å². The average Bonchev–Trinajstić information content (AvgIpc) is 3.04. The van der Waals surface area contributed by atoms with E-state index in [9.17, 15) is 13.2 Å². The van der Waals surface area contributed by atoms with Crippen molar-refractivity contribution in [1.82, 2.24) is 9.62 Å². The van der Waals surface area contributed by atoms with Gasteiger partial charge in [0.2, 0.25) is 15.9 Å². The van der Waals surface area contributed by atoms with Crippen molar-refractivity contribution in [3.05, 3.63) is 36.4 Å². The summed E-state index contributed by atoms with van der Waals surface area (Å²) >= 11 is 0. The summed E-state index contributed by atoms with van der Waals surface area (Å²) in [7, 11) is -3.72. The first kappa shape index (κ1) is 17.2. The zero-order valence-corrected chi connectivity index (χ0v) is 14.8. The lowest BCUT2D eigenvalue weighted by Crippen LogP contribution is -2.49. The topological polar surface area (TPSA) is 66.5 Å². The molecule has 0 radical (unpaired) electrons. The van der Waals surface area contributed by atoms with Gasteiger partial charge in [0.1, 0.15) is 6.04 Å². The van der Waals surface area contributed by atoms with E-state index < -0.39 is 16.1 Å². The third-order valence-corrected chi connectivity index (χ3v) is 7.03. The Hall–Kier alpha value is -1.66. The van der Waals surface area contributed by atoms with Gasteiger partial charge in [0.15, 0.2) is 0 Å². The monoisotopic (exact) mass is 348 g/mol. The van der Waals surface area contributed by atoms with Crippen molar-refractivity contribution in [1.29, 1.82) is 0 Å². The first-order chi connectivity index (χ1) is 11.4. The number of amides is 1. The molecule has 0 aromatic heterocycles. The highest BCUT2D eigenvalue weighted by atomic mass is 32.2. The molecule has 1 fully saturated rings. The predicted molar refractivity (Wildman–Crippen MR) is 93.8 cm³/mol. The van der Waals surface area contributed by atoms with Crippen LogP contribution in [0.5, 0.6) is 0 Å². The van der Waals surface area contributed by atoms with Gasteiger partial charge in [0.25, 0.3) is 0 Å². The molecule has 1 heterocycles. The molecule has 1 aliphatic carbocycles. The minimum absolute atomic E-state index is 0.178. The van der Waals surface area contributed by atoms with E-state index in [1.54, 1.807) is 25.1 Å². The van der Waals surface area contributed by atoms with E-state index in [-0.39, 0.29) is 23.4 Å². The summed E-state index contributed by atoms with van der Waals surface area (Å²) in [6.07, 6.45) is 4.72. The number of carbonyl (C=O) groups is 1. The lowest BCUT2D eigenvalue weighted by atomic mass is 10.0. The number of carbonyl (C=O) groups excluding carboxylic acids is 1. The van der Waals surface area contributed by atoms with Crippen molar-refractivity contribution in [3.8, 4) is 0 Å². The van der Waals surface area contributed by atoms with Crippen LogP contribution in [-0.2, 0) is 14.8 Å². The van der Waals surface area contributed by atoms with E-state index in [2.05, 4.69) is 11.9 Å². The van der Waals surface area contributed by atoms with E-state index in [0.29, 0.717) is 12.0 Å². The minimum Gasteiger partial charge on any atom is -0.352 e. The summed E-state index contributed by atoms with van der Waals surface area (Å²) in [5.74, 6) is -0.213. The van der Waals surface area contributed by atoms with Gasteiger partial charge >= 0.3 is 0 Å². The number of hydrogen-bond donors (Lipinski definition) is 1. The second-order valence-corrected chi connectivity index (χ2v) is 8.49. The fourth-order valence-corrected chi connectivity index (χ4v) is 5.37. The Labute approximate surface area is 143 Å². The van der Waals surface area contributed by atoms with E-state index in [1.807, 2.05) is 6.07 Å². The summed E-state index contributed by atoms with van der Waals surface area (Å²) in [6, 6.07) is 6.34. The quantitative estimate of drug-likeness (QED) is 0.913. The van der Waals surface area contributed by atoms with Gasteiger partial charge in [0.05, 0.1) is 4.90 Å². The lowest BCUT2D eigenvalue weighted by molar-refractivity contribution is -0.125. The molecule has 0 spiro atoms. The number of sulfonamides is 1. The number of nitrogens with one attached hydrogen (secondary N) is 1. The normalized spacial score (nSPS) is 22.6. The van der Waals surface area contributed by atoms with Crippen molar-refractivity contribution < 1.29 is 13.2 Å². The Balaban J connectivity index is 1.87. The highest BCUT2D eigenvalue weighted by molar-refractivity contribution is 7.89. The number of benzene rings is 1. The molecular weight excluding hydrogens is 324 g/mol. The molecular formula is C18H24N2O3S. The smallest absolute Gasteiger partial charge is 0.244 e. The standard InChI is InChI=1S/C18H24N2O3S/c1-13-11-12-20(14(2)18(21)19-15-7-3-4-8-15)24(22,23)17-10-6-5-9-16(13)17/h5-6,9-10,14-15H,1,3-4,7-8,11-12H2,2H3,(H,19,21)/t14-/m1/s1. The summed E-state index contributed by atoms with van der Waals surface area (Å²) in [6.45, 7) is 5.95. The average molecular weight is 348 g/mol. The fourth-order valence-electron chi connectivity index (χ4n) is 3.53. The molecule has 1 amide bonds. The van der Waals surface area contributed by atoms with Gasteiger partial charge < -0.3 is 5.32 Å². The Bertz CT molecular complexity index is 751. The van der Waals surface area contributed by atoms with Crippen molar-refractivity contribution in [3.63, 3.8) is 0 Å². The van der Waals surface area contributed by atoms with Crippen molar-refractivity contribution >= 4 is 21.5 Å². The maximum Gasteiger partial charge on any atom is 0.244 e. The Morgan fingerprint density at radius 3 is 2.67 bits per heavy atom. The molecule has 5 nitrogen and oxygen atoms in total. The van der Waals surface area contributed by atoms with Crippen LogP contribution in [0.4, 0.5) is 0 Å². The molecule has 1 aliphatic heterocycles. The second kappa shape index (κ2) is 6.69. The highest BCUT2D eigenvalue weighted by Gasteiger charge is 2.37. The molecule has 0 saturated heterocycles. The van der Waals surface area contributed by atoms with Gasteiger partial charge in [-0.05, 0) is 43.4 Å². The van der Waals surface area contributed by atoms with E-state index in [4.69, 9.17) is 0 Å². The van der Waals surface area contributed by atoms with Crippen LogP contribution in [0.3, 0.4) is 0 Å². The van der Waals surface area contributed by atoms with Crippen molar-refractivity contribution in [2.45, 2.75) is 56.0 Å². The lowest BCUT2D eigenvalue weighted by Gasteiger charge is -2.27. The molecule has 3 rings (SSSR count). The molecule has 0 bridgehead atoms. The van der Waals surface area contributed by atoms with Crippen LogP contribution in [0.1, 0.15) is 44.6 Å². The molecule has 1 aromatic carbocycles. The van der Waals surface area contributed by atoms with Gasteiger partial charge in [-0.3, -0.25) is 4.79 Å². The van der Waals surface area contributed by atoms with Crippen molar-refractivity contribution in [2.75, 3.05) is 6.54 Å². The molecule has 1 aromatic rings. The molecule has 1 atom stereocenters. The van der Waals surface area contributed by atoms with Gasteiger partial charge in [-0.2, -0.15) is 4.31 Å². The summed E-state index contributed by atoms with van der Waals surface area (Å²) in [5, 5.41) is 3.00. The molecule has 0 unspecified atom stereocenters. The molecule has 6 heteroatoms. The first-order valence-electron chi connectivity index (χ1n) is 8.50. The maximum absolute atomic E-state index is 13.1. The van der Waals surface area contributed by atoms with E-state index >= 15 is 0 Å². The molecule has 1 N–H and O–H groups in total. The Kier molecular flexibility index (Phi) is 4.78. The van der Waals surface area contributed by atoms with Gasteiger partial charge in [-0.15, -0.1) is 0 Å². The van der Waals surface area contributed by atoms with Crippen LogP contribution in [0.15, 0.2) is 35.7 Å². The SMILES string of the molecule is C=C1CCN([C@H](C)C(=O)NC2CCCC2)S(=O)(=O)c2ccccc21. The zero-order chi connectivity index (χ0) is 17.3. The summed E-state index contributed by atoms with van der Waals surface area (Å²) in [4.78, 5) is 12.8. The Morgan fingerprint density at radius 1 is 1.29 bits per heavy atom. The van der Waals surface area contributed by atoms with Crippen LogP contribution >= 0.6 is 0 Å². The van der Waals surface area contributed by atoms with Crippen molar-refractivity contribution in [2.24, 2.45) is 0 Å². The van der Waals surface area contributed by atoms with Crippen LogP contribution in [0.25, 0.3) is 5.57 Å². The minimum atomic E-state index is -3.72. The fraction of sp³-hybridized carbons (Fsp3) is 0.500. The predicted octanol–water partition coefficient (Wildman–Crippen LogP) is 2.54. The first-order valence-corrected chi connectivity index (χ1v) is 9.94. The highest BCUT2D eigenvalue weighted by Crippen LogP contribution is 2.32. The molecule has 24 heavy (non-hydrogen) atoms.